The zero-order valence-corrected chi connectivity index (χ0v) is 11.9. The van der Waals surface area contributed by atoms with E-state index in [0.29, 0.717) is 5.01 Å². The minimum atomic E-state index is -4.55. The molecule has 0 atom stereocenters. The summed E-state index contributed by atoms with van der Waals surface area (Å²) in [5.74, 6) is 0. The molecule has 0 spiro atoms. The first kappa shape index (κ1) is 14.2. The molecule has 0 unspecified atom stereocenters. The molecule has 0 aliphatic rings. The molecule has 0 radical (unpaired) electrons. The standard InChI is InChI=1S/C13H7ClF3N3S/c14-12-18-7(5-10(20-12)13(15,16)17)6-11-19-8-3-1-2-4-9(8)21-11/h1-5H,6H2. The van der Waals surface area contributed by atoms with E-state index in [9.17, 15) is 13.2 Å². The van der Waals surface area contributed by atoms with Crippen molar-refractivity contribution in [1.82, 2.24) is 15.0 Å². The fourth-order valence-electron chi connectivity index (χ4n) is 1.85. The van der Waals surface area contributed by atoms with Gasteiger partial charge in [0.25, 0.3) is 0 Å². The lowest BCUT2D eigenvalue weighted by atomic mass is 10.2. The van der Waals surface area contributed by atoms with Crippen molar-refractivity contribution in [3.63, 3.8) is 0 Å². The van der Waals surface area contributed by atoms with Crippen molar-refractivity contribution in [3.05, 3.63) is 52.0 Å². The van der Waals surface area contributed by atoms with Crippen LogP contribution in [0, 0.1) is 0 Å². The smallest absolute Gasteiger partial charge is 0.241 e. The summed E-state index contributed by atoms with van der Waals surface area (Å²) in [7, 11) is 0. The van der Waals surface area contributed by atoms with Crippen molar-refractivity contribution < 1.29 is 13.2 Å². The van der Waals surface area contributed by atoms with E-state index in [-0.39, 0.29) is 12.1 Å². The summed E-state index contributed by atoms with van der Waals surface area (Å²) in [4.78, 5) is 11.4. The van der Waals surface area contributed by atoms with Gasteiger partial charge < -0.3 is 0 Å². The Morgan fingerprint density at radius 3 is 2.57 bits per heavy atom. The second-order valence-electron chi connectivity index (χ2n) is 4.26. The van der Waals surface area contributed by atoms with E-state index >= 15 is 0 Å². The van der Waals surface area contributed by atoms with Crippen molar-refractivity contribution in [2.24, 2.45) is 0 Å². The number of aromatic nitrogens is 3. The predicted molar refractivity (Wildman–Crippen MR) is 74.5 cm³/mol. The van der Waals surface area contributed by atoms with E-state index in [4.69, 9.17) is 11.6 Å². The molecule has 21 heavy (non-hydrogen) atoms. The Hall–Kier alpha value is -1.73. The highest BCUT2D eigenvalue weighted by Crippen LogP contribution is 2.29. The van der Waals surface area contributed by atoms with Crippen molar-refractivity contribution in [3.8, 4) is 0 Å². The highest BCUT2D eigenvalue weighted by atomic mass is 35.5. The second-order valence-corrected chi connectivity index (χ2v) is 5.72. The maximum Gasteiger partial charge on any atom is 0.433 e. The number of hydrogen-bond acceptors (Lipinski definition) is 4. The molecule has 0 amide bonds. The van der Waals surface area contributed by atoms with Crippen molar-refractivity contribution in [1.29, 1.82) is 0 Å². The van der Waals surface area contributed by atoms with Gasteiger partial charge in [0.1, 0.15) is 5.69 Å². The Balaban J connectivity index is 1.95. The Morgan fingerprint density at radius 1 is 1.10 bits per heavy atom. The minimum absolute atomic E-state index is 0.185. The van der Waals surface area contributed by atoms with Gasteiger partial charge in [-0.15, -0.1) is 11.3 Å². The molecule has 0 saturated carbocycles. The number of halogens is 4. The first-order valence-electron chi connectivity index (χ1n) is 5.87. The predicted octanol–water partition coefficient (Wildman–Crippen LogP) is 4.35. The van der Waals surface area contributed by atoms with Gasteiger partial charge in [0.15, 0.2) is 0 Å². The zero-order valence-electron chi connectivity index (χ0n) is 10.4. The maximum absolute atomic E-state index is 12.7. The van der Waals surface area contributed by atoms with E-state index in [1.54, 1.807) is 0 Å². The first-order chi connectivity index (χ1) is 9.91. The SMILES string of the molecule is FC(F)(F)c1cc(Cc2nc3ccccc3s2)nc(Cl)n1. The van der Waals surface area contributed by atoms with Gasteiger partial charge in [-0.05, 0) is 29.8 Å². The molecule has 1 aromatic carbocycles. The lowest BCUT2D eigenvalue weighted by molar-refractivity contribution is -0.141. The monoisotopic (exact) mass is 329 g/mol. The summed E-state index contributed by atoms with van der Waals surface area (Å²) < 4.78 is 39.1. The number of para-hydroxylation sites is 1. The van der Waals surface area contributed by atoms with Crippen molar-refractivity contribution >= 4 is 33.2 Å². The molecule has 2 heterocycles. The molecule has 0 fully saturated rings. The lowest BCUT2D eigenvalue weighted by Crippen LogP contribution is -2.10. The number of benzene rings is 1. The van der Waals surface area contributed by atoms with Crippen LogP contribution < -0.4 is 0 Å². The third-order valence-electron chi connectivity index (χ3n) is 2.71. The van der Waals surface area contributed by atoms with Gasteiger partial charge >= 0.3 is 6.18 Å². The van der Waals surface area contributed by atoms with Gasteiger partial charge in [-0.25, -0.2) is 15.0 Å². The first-order valence-corrected chi connectivity index (χ1v) is 7.06. The quantitative estimate of drug-likeness (QED) is 0.656. The Bertz CT molecular complexity index is 768. The average Bonchev–Trinajstić information content (AvgIpc) is 2.79. The Labute approximate surface area is 126 Å². The van der Waals surface area contributed by atoms with Crippen LogP contribution in [0.5, 0.6) is 0 Å². The highest BCUT2D eigenvalue weighted by Gasteiger charge is 2.33. The molecule has 8 heteroatoms. The number of thiazole rings is 1. The van der Waals surface area contributed by atoms with Crippen molar-refractivity contribution in [2.75, 3.05) is 0 Å². The van der Waals surface area contributed by atoms with Crippen LogP contribution in [-0.2, 0) is 12.6 Å². The number of fused-ring (bicyclic) bond motifs is 1. The summed E-state index contributed by atoms with van der Waals surface area (Å²) >= 11 is 6.98. The second kappa shape index (κ2) is 5.23. The number of nitrogens with zero attached hydrogens (tertiary/aromatic N) is 3. The molecule has 0 bridgehead atoms. The Morgan fingerprint density at radius 2 is 1.86 bits per heavy atom. The summed E-state index contributed by atoms with van der Waals surface area (Å²) in [5, 5.41) is 0.264. The third kappa shape index (κ3) is 3.14. The molecular weight excluding hydrogens is 323 g/mol. The third-order valence-corrected chi connectivity index (χ3v) is 3.92. The normalized spacial score (nSPS) is 12.0. The van der Waals surface area contributed by atoms with E-state index in [1.807, 2.05) is 24.3 Å². The molecule has 0 aliphatic heterocycles. The molecule has 108 valence electrons. The Kier molecular flexibility index (Phi) is 3.54. The average molecular weight is 330 g/mol. The van der Waals surface area contributed by atoms with Crippen LogP contribution in [0.1, 0.15) is 16.4 Å². The number of rotatable bonds is 2. The van der Waals surface area contributed by atoms with Gasteiger partial charge in [0, 0.05) is 6.42 Å². The highest BCUT2D eigenvalue weighted by molar-refractivity contribution is 7.18. The number of alkyl halides is 3. The molecule has 0 saturated heterocycles. The topological polar surface area (TPSA) is 38.7 Å². The number of hydrogen-bond donors (Lipinski definition) is 0. The van der Waals surface area contributed by atoms with Crippen LogP contribution in [0.25, 0.3) is 10.2 Å². The maximum atomic E-state index is 12.7. The molecular formula is C13H7ClF3N3S. The van der Waals surface area contributed by atoms with Crippen LogP contribution in [-0.4, -0.2) is 15.0 Å². The zero-order chi connectivity index (χ0) is 15.0. The molecule has 2 aromatic heterocycles. The lowest BCUT2D eigenvalue weighted by Gasteiger charge is -2.07. The fraction of sp³-hybridized carbons (Fsp3) is 0.154. The van der Waals surface area contributed by atoms with Gasteiger partial charge in [-0.1, -0.05) is 12.1 Å². The molecule has 0 N–H and O–H groups in total. The van der Waals surface area contributed by atoms with E-state index in [2.05, 4.69) is 15.0 Å². The largest absolute Gasteiger partial charge is 0.433 e. The van der Waals surface area contributed by atoms with Crippen LogP contribution in [0.3, 0.4) is 0 Å². The van der Waals surface area contributed by atoms with E-state index < -0.39 is 17.2 Å². The van der Waals surface area contributed by atoms with Gasteiger partial charge in [0.2, 0.25) is 5.28 Å². The van der Waals surface area contributed by atoms with Gasteiger partial charge in [0.05, 0.1) is 20.9 Å². The minimum Gasteiger partial charge on any atom is -0.241 e. The van der Waals surface area contributed by atoms with Crippen LogP contribution in [0.4, 0.5) is 13.2 Å². The molecule has 3 rings (SSSR count). The van der Waals surface area contributed by atoms with Gasteiger partial charge in [-0.2, -0.15) is 13.2 Å². The van der Waals surface area contributed by atoms with Crippen molar-refractivity contribution in [2.45, 2.75) is 12.6 Å². The molecule has 3 aromatic rings. The summed E-state index contributed by atoms with van der Waals surface area (Å²) in [6.45, 7) is 0. The fourth-order valence-corrected chi connectivity index (χ4v) is 3.03. The van der Waals surface area contributed by atoms with Crippen LogP contribution >= 0.6 is 22.9 Å². The van der Waals surface area contributed by atoms with Crippen LogP contribution in [0.2, 0.25) is 5.28 Å². The molecule has 3 nitrogen and oxygen atoms in total. The van der Waals surface area contributed by atoms with Crippen LogP contribution in [0.15, 0.2) is 30.3 Å². The molecule has 0 aliphatic carbocycles. The van der Waals surface area contributed by atoms with E-state index in [0.717, 1.165) is 16.3 Å². The van der Waals surface area contributed by atoms with Gasteiger partial charge in [-0.3, -0.25) is 0 Å². The van der Waals surface area contributed by atoms with E-state index in [1.165, 1.54) is 11.3 Å². The summed E-state index contributed by atoms with van der Waals surface area (Å²) in [5.41, 5.74) is -0.0336. The summed E-state index contributed by atoms with van der Waals surface area (Å²) in [6, 6.07) is 8.40. The summed E-state index contributed by atoms with van der Waals surface area (Å²) in [6.07, 6.45) is -4.36.